The van der Waals surface area contributed by atoms with Crippen molar-refractivity contribution in [3.8, 4) is 0 Å². The maximum Gasteiger partial charge on any atom is 0.204 e. The first-order valence-electron chi connectivity index (χ1n) is 12.2. The Balaban J connectivity index is 1.89. The second-order valence-electron chi connectivity index (χ2n) is 8.32. The van der Waals surface area contributed by atoms with Gasteiger partial charge in [0.2, 0.25) is 5.78 Å². The molecule has 1 aliphatic carbocycles. The summed E-state index contributed by atoms with van der Waals surface area (Å²) in [7, 11) is 0. The van der Waals surface area contributed by atoms with Crippen LogP contribution in [0.1, 0.15) is 54.9 Å². The van der Waals surface area contributed by atoms with Gasteiger partial charge in [0, 0.05) is 49.3 Å². The fourth-order valence-corrected chi connectivity index (χ4v) is 4.70. The third-order valence-corrected chi connectivity index (χ3v) is 6.57. The monoisotopic (exact) mass is 451 g/mol. The molecule has 174 valence electrons. The van der Waals surface area contributed by atoms with Gasteiger partial charge in [-0.1, -0.05) is 30.3 Å². The van der Waals surface area contributed by atoms with Crippen molar-refractivity contribution in [1.29, 1.82) is 0 Å². The van der Waals surface area contributed by atoms with Crippen molar-refractivity contribution >= 4 is 28.3 Å². The second-order valence-corrected chi connectivity index (χ2v) is 8.32. The van der Waals surface area contributed by atoms with E-state index in [1.165, 1.54) is 11.4 Å². The predicted molar refractivity (Wildman–Crippen MR) is 144 cm³/mol. The van der Waals surface area contributed by atoms with Gasteiger partial charge in [0.15, 0.2) is 0 Å². The summed E-state index contributed by atoms with van der Waals surface area (Å²) in [4.78, 5) is 21.6. The van der Waals surface area contributed by atoms with Gasteiger partial charge < -0.3 is 9.80 Å². The SMILES string of the molecule is CCN(CC)c1ccc(C(=C2C=CC(=O)c3ncccc32)c2ccc(N(CC)CC)cc2)cc1. The van der Waals surface area contributed by atoms with Crippen LogP contribution in [0.3, 0.4) is 0 Å². The summed E-state index contributed by atoms with van der Waals surface area (Å²) >= 11 is 0. The molecule has 0 radical (unpaired) electrons. The summed E-state index contributed by atoms with van der Waals surface area (Å²) in [5, 5.41) is 0. The van der Waals surface area contributed by atoms with Gasteiger partial charge in [0.25, 0.3) is 0 Å². The lowest BCUT2D eigenvalue weighted by Gasteiger charge is -2.23. The van der Waals surface area contributed by atoms with Crippen LogP contribution in [0.2, 0.25) is 0 Å². The van der Waals surface area contributed by atoms with Crippen LogP contribution in [0.5, 0.6) is 0 Å². The fourth-order valence-electron chi connectivity index (χ4n) is 4.70. The highest BCUT2D eigenvalue weighted by Crippen LogP contribution is 2.37. The molecule has 0 saturated carbocycles. The third-order valence-electron chi connectivity index (χ3n) is 6.57. The number of anilines is 2. The van der Waals surface area contributed by atoms with Crippen LogP contribution < -0.4 is 9.80 Å². The zero-order valence-corrected chi connectivity index (χ0v) is 20.6. The van der Waals surface area contributed by atoms with Gasteiger partial charge in [-0.3, -0.25) is 9.78 Å². The molecule has 0 amide bonds. The Labute approximate surface area is 203 Å². The molecular weight excluding hydrogens is 418 g/mol. The van der Waals surface area contributed by atoms with E-state index < -0.39 is 0 Å². The smallest absolute Gasteiger partial charge is 0.204 e. The highest BCUT2D eigenvalue weighted by atomic mass is 16.1. The number of carbonyl (C=O) groups is 1. The normalized spacial score (nSPS) is 12.5. The van der Waals surface area contributed by atoms with Gasteiger partial charge in [0.05, 0.1) is 0 Å². The molecule has 0 atom stereocenters. The van der Waals surface area contributed by atoms with Crippen LogP contribution in [0.4, 0.5) is 11.4 Å². The van der Waals surface area contributed by atoms with Crippen molar-refractivity contribution in [2.45, 2.75) is 27.7 Å². The number of hydrogen-bond acceptors (Lipinski definition) is 4. The van der Waals surface area contributed by atoms with E-state index in [4.69, 9.17) is 0 Å². The molecule has 3 aromatic rings. The quantitative estimate of drug-likeness (QED) is 0.392. The lowest BCUT2D eigenvalue weighted by molar-refractivity contribution is 0.104. The summed E-state index contributed by atoms with van der Waals surface area (Å²) in [5.41, 5.74) is 8.19. The number of rotatable bonds is 8. The zero-order chi connectivity index (χ0) is 24.1. The maximum atomic E-state index is 12.5. The third kappa shape index (κ3) is 4.54. The average Bonchev–Trinajstić information content (AvgIpc) is 2.89. The first-order valence-corrected chi connectivity index (χ1v) is 12.2. The Morgan fingerprint density at radius 3 is 1.68 bits per heavy atom. The first kappa shape index (κ1) is 23.5. The number of ketones is 1. The van der Waals surface area contributed by atoms with E-state index in [1.54, 1.807) is 12.3 Å². The molecule has 34 heavy (non-hydrogen) atoms. The van der Waals surface area contributed by atoms with E-state index >= 15 is 0 Å². The van der Waals surface area contributed by atoms with E-state index in [0.717, 1.165) is 54.0 Å². The Morgan fingerprint density at radius 2 is 1.21 bits per heavy atom. The molecule has 4 heteroatoms. The Hall–Kier alpha value is -3.66. The molecule has 0 saturated heterocycles. The van der Waals surface area contributed by atoms with Gasteiger partial charge in [-0.15, -0.1) is 0 Å². The van der Waals surface area contributed by atoms with Crippen LogP contribution >= 0.6 is 0 Å². The number of aromatic nitrogens is 1. The lowest BCUT2D eigenvalue weighted by atomic mass is 9.85. The number of pyridine rings is 1. The maximum absolute atomic E-state index is 12.5. The van der Waals surface area contributed by atoms with Crippen LogP contribution in [-0.2, 0) is 0 Å². The van der Waals surface area contributed by atoms with Crippen LogP contribution in [-0.4, -0.2) is 36.9 Å². The largest absolute Gasteiger partial charge is 0.372 e. The minimum Gasteiger partial charge on any atom is -0.372 e. The Morgan fingerprint density at radius 1 is 0.706 bits per heavy atom. The summed E-state index contributed by atoms with van der Waals surface area (Å²) in [6, 6.07) is 21.4. The minimum absolute atomic E-state index is 0.0486. The number of nitrogens with zero attached hydrogens (tertiary/aromatic N) is 3. The summed E-state index contributed by atoms with van der Waals surface area (Å²) in [5.74, 6) is -0.0486. The molecule has 4 rings (SSSR count). The molecule has 1 heterocycles. The van der Waals surface area contributed by atoms with Crippen LogP contribution in [0.15, 0.2) is 79.0 Å². The summed E-state index contributed by atoms with van der Waals surface area (Å²) in [6.07, 6.45) is 5.27. The minimum atomic E-state index is -0.0486. The molecule has 1 aliphatic rings. The van der Waals surface area contributed by atoms with Gasteiger partial charge in [-0.05, 0) is 92.5 Å². The molecule has 0 N–H and O–H groups in total. The predicted octanol–water partition coefficient (Wildman–Crippen LogP) is 6.49. The highest BCUT2D eigenvalue weighted by Gasteiger charge is 2.22. The lowest BCUT2D eigenvalue weighted by Crippen LogP contribution is -2.21. The number of hydrogen-bond donors (Lipinski definition) is 0. The van der Waals surface area contributed by atoms with Crippen molar-refractivity contribution in [3.63, 3.8) is 0 Å². The molecule has 4 nitrogen and oxygen atoms in total. The number of allylic oxidation sites excluding steroid dienone is 3. The molecular formula is C30H33N3O. The second kappa shape index (κ2) is 10.5. The standard InChI is InChI=1S/C30H33N3O/c1-5-32(6-2)24-15-11-22(12-16-24)29(23-13-17-25(18-14-23)33(7-3)8-4)26-19-20-28(34)30-27(26)10-9-21-31-30/h9-21H,5-8H2,1-4H3. The van der Waals surface area contributed by atoms with Crippen LogP contribution in [0, 0.1) is 0 Å². The number of benzene rings is 2. The van der Waals surface area contributed by atoms with Crippen molar-refractivity contribution < 1.29 is 4.79 Å². The van der Waals surface area contributed by atoms with E-state index in [0.29, 0.717) is 5.69 Å². The molecule has 0 spiro atoms. The summed E-state index contributed by atoms with van der Waals surface area (Å²) < 4.78 is 0. The molecule has 0 fully saturated rings. The van der Waals surface area contributed by atoms with Gasteiger partial charge in [-0.2, -0.15) is 0 Å². The first-order chi connectivity index (χ1) is 16.6. The molecule has 2 aromatic carbocycles. The highest BCUT2D eigenvalue weighted by molar-refractivity contribution is 6.15. The fraction of sp³-hybridized carbons (Fsp3) is 0.267. The van der Waals surface area contributed by atoms with Crippen molar-refractivity contribution in [3.05, 3.63) is 101 Å². The van der Waals surface area contributed by atoms with E-state index in [9.17, 15) is 4.79 Å². The van der Waals surface area contributed by atoms with Crippen molar-refractivity contribution in [2.75, 3.05) is 36.0 Å². The van der Waals surface area contributed by atoms with Crippen molar-refractivity contribution in [1.82, 2.24) is 4.98 Å². The number of fused-ring (bicyclic) bond motifs is 1. The van der Waals surface area contributed by atoms with Crippen LogP contribution in [0.25, 0.3) is 11.1 Å². The average molecular weight is 452 g/mol. The van der Waals surface area contributed by atoms with Gasteiger partial charge in [-0.25, -0.2) is 0 Å². The molecule has 0 aliphatic heterocycles. The molecule has 1 aromatic heterocycles. The zero-order valence-electron chi connectivity index (χ0n) is 20.6. The Bertz CT molecular complexity index is 1140. The van der Waals surface area contributed by atoms with Crippen molar-refractivity contribution in [2.24, 2.45) is 0 Å². The van der Waals surface area contributed by atoms with E-state index in [1.807, 2.05) is 18.2 Å². The topological polar surface area (TPSA) is 36.4 Å². The van der Waals surface area contributed by atoms with Gasteiger partial charge >= 0.3 is 0 Å². The molecule has 0 bridgehead atoms. The van der Waals surface area contributed by atoms with E-state index in [-0.39, 0.29) is 5.78 Å². The van der Waals surface area contributed by atoms with Gasteiger partial charge in [0.1, 0.15) is 5.69 Å². The number of carbonyl (C=O) groups excluding carboxylic acids is 1. The summed E-state index contributed by atoms with van der Waals surface area (Å²) in [6.45, 7) is 12.6. The molecule has 0 unspecified atom stereocenters. The van der Waals surface area contributed by atoms with E-state index in [2.05, 4.69) is 91.0 Å². The Kier molecular flexibility index (Phi) is 7.27.